The highest BCUT2D eigenvalue weighted by Gasteiger charge is 2.44. The summed E-state index contributed by atoms with van der Waals surface area (Å²) >= 11 is 1.82. The molecule has 13 heavy (non-hydrogen) atoms. The van der Waals surface area contributed by atoms with Crippen LogP contribution in [0.1, 0.15) is 17.7 Å². The van der Waals surface area contributed by atoms with E-state index in [4.69, 9.17) is 5.73 Å². The molecule has 2 N–H and O–H groups in total. The van der Waals surface area contributed by atoms with Crippen LogP contribution in [0.2, 0.25) is 0 Å². The van der Waals surface area contributed by atoms with Gasteiger partial charge in [-0.25, -0.2) is 0 Å². The molecule has 1 aliphatic carbocycles. The fraction of sp³-hybridized carbons (Fsp3) is 0.600. The summed E-state index contributed by atoms with van der Waals surface area (Å²) in [5.74, 6) is 0. The van der Waals surface area contributed by atoms with Gasteiger partial charge in [0.05, 0.1) is 0 Å². The van der Waals surface area contributed by atoms with E-state index in [1.165, 1.54) is 17.7 Å². The Morgan fingerprint density at radius 1 is 1.62 bits per heavy atom. The molecule has 3 heteroatoms. The molecule has 0 aromatic carbocycles. The van der Waals surface area contributed by atoms with Gasteiger partial charge in [-0.15, -0.1) is 11.3 Å². The van der Waals surface area contributed by atoms with Crippen molar-refractivity contribution >= 4 is 11.3 Å². The van der Waals surface area contributed by atoms with Crippen molar-refractivity contribution in [1.29, 1.82) is 0 Å². The summed E-state index contributed by atoms with van der Waals surface area (Å²) in [5, 5.41) is 2.13. The summed E-state index contributed by atoms with van der Waals surface area (Å²) in [7, 11) is 2.18. The van der Waals surface area contributed by atoms with Crippen molar-refractivity contribution in [2.24, 2.45) is 5.73 Å². The van der Waals surface area contributed by atoms with Crippen LogP contribution in [0, 0.1) is 0 Å². The van der Waals surface area contributed by atoms with Gasteiger partial charge in [-0.2, -0.15) is 0 Å². The number of hydrogen-bond donors (Lipinski definition) is 1. The second-order valence-electron chi connectivity index (χ2n) is 3.86. The van der Waals surface area contributed by atoms with Gasteiger partial charge in [0.1, 0.15) is 0 Å². The van der Waals surface area contributed by atoms with Gasteiger partial charge in [0.15, 0.2) is 0 Å². The zero-order valence-corrected chi connectivity index (χ0v) is 8.81. The molecule has 2 rings (SSSR count). The molecule has 72 valence electrons. The van der Waals surface area contributed by atoms with E-state index in [-0.39, 0.29) is 0 Å². The minimum Gasteiger partial charge on any atom is -0.329 e. The number of nitrogens with two attached hydrogens (primary N) is 1. The average Bonchev–Trinajstić information content (AvgIpc) is 2.79. The van der Waals surface area contributed by atoms with Crippen molar-refractivity contribution in [3.05, 3.63) is 22.4 Å². The minimum atomic E-state index is 0.337. The van der Waals surface area contributed by atoms with Crippen molar-refractivity contribution in [3.8, 4) is 0 Å². The van der Waals surface area contributed by atoms with Crippen LogP contribution in [0.3, 0.4) is 0 Å². The third kappa shape index (κ3) is 1.77. The zero-order chi connectivity index (χ0) is 9.31. The van der Waals surface area contributed by atoms with Crippen molar-refractivity contribution in [2.75, 3.05) is 13.6 Å². The van der Waals surface area contributed by atoms with Crippen LogP contribution in [0.25, 0.3) is 0 Å². The van der Waals surface area contributed by atoms with Crippen molar-refractivity contribution < 1.29 is 0 Å². The summed E-state index contributed by atoms with van der Waals surface area (Å²) in [5.41, 5.74) is 6.10. The first-order valence-corrected chi connectivity index (χ1v) is 5.58. The Hall–Kier alpha value is -0.380. The summed E-state index contributed by atoms with van der Waals surface area (Å²) in [6.07, 6.45) is 2.54. The molecule has 0 aliphatic heterocycles. The molecule has 1 heterocycles. The number of nitrogens with zero attached hydrogens (tertiary/aromatic N) is 1. The highest BCUT2D eigenvalue weighted by atomic mass is 32.1. The van der Waals surface area contributed by atoms with E-state index in [1.54, 1.807) is 0 Å². The van der Waals surface area contributed by atoms with E-state index in [1.807, 2.05) is 11.3 Å². The second-order valence-corrected chi connectivity index (χ2v) is 4.90. The molecule has 0 unspecified atom stereocenters. The lowest BCUT2D eigenvalue weighted by Gasteiger charge is -2.25. The minimum absolute atomic E-state index is 0.337. The lowest BCUT2D eigenvalue weighted by atomic mass is 10.2. The molecule has 1 aromatic heterocycles. The fourth-order valence-electron chi connectivity index (χ4n) is 1.69. The SMILES string of the molecule is CN(Cc1cccs1)C1(CN)CC1. The van der Waals surface area contributed by atoms with E-state index in [0.717, 1.165) is 13.1 Å². The highest BCUT2D eigenvalue weighted by Crippen LogP contribution is 2.40. The number of hydrogen-bond acceptors (Lipinski definition) is 3. The van der Waals surface area contributed by atoms with Crippen LogP contribution in [0.5, 0.6) is 0 Å². The standard InChI is InChI=1S/C10H16N2S/c1-12(10(8-11)4-5-10)7-9-3-2-6-13-9/h2-3,6H,4-5,7-8,11H2,1H3. The first-order chi connectivity index (χ1) is 6.27. The van der Waals surface area contributed by atoms with Crippen LogP contribution in [0.4, 0.5) is 0 Å². The lowest BCUT2D eigenvalue weighted by molar-refractivity contribution is 0.220. The number of thiophene rings is 1. The maximum absolute atomic E-state index is 5.76. The largest absolute Gasteiger partial charge is 0.329 e. The van der Waals surface area contributed by atoms with E-state index in [2.05, 4.69) is 29.5 Å². The van der Waals surface area contributed by atoms with Crippen LogP contribution in [-0.2, 0) is 6.54 Å². The summed E-state index contributed by atoms with van der Waals surface area (Å²) in [6, 6.07) is 4.30. The predicted octanol–water partition coefficient (Wildman–Crippen LogP) is 1.67. The first kappa shape index (κ1) is 9.19. The summed E-state index contributed by atoms with van der Waals surface area (Å²) in [4.78, 5) is 3.83. The molecule has 1 fully saturated rings. The molecule has 2 nitrogen and oxygen atoms in total. The number of likely N-dealkylation sites (N-methyl/N-ethyl adjacent to an activating group) is 1. The Morgan fingerprint density at radius 2 is 2.38 bits per heavy atom. The normalized spacial score (nSPS) is 19.3. The smallest absolute Gasteiger partial charge is 0.0333 e. The van der Waals surface area contributed by atoms with Crippen LogP contribution < -0.4 is 5.73 Å². The molecule has 1 saturated carbocycles. The predicted molar refractivity (Wildman–Crippen MR) is 56.8 cm³/mol. The zero-order valence-electron chi connectivity index (χ0n) is 7.99. The van der Waals surface area contributed by atoms with E-state index in [0.29, 0.717) is 5.54 Å². The van der Waals surface area contributed by atoms with Gasteiger partial charge >= 0.3 is 0 Å². The highest BCUT2D eigenvalue weighted by molar-refractivity contribution is 7.09. The van der Waals surface area contributed by atoms with Gasteiger partial charge in [-0.05, 0) is 31.3 Å². The maximum Gasteiger partial charge on any atom is 0.0333 e. The van der Waals surface area contributed by atoms with Gasteiger partial charge in [-0.1, -0.05) is 6.07 Å². The van der Waals surface area contributed by atoms with Gasteiger partial charge < -0.3 is 5.73 Å². The average molecular weight is 196 g/mol. The van der Waals surface area contributed by atoms with E-state index in [9.17, 15) is 0 Å². The molecule has 1 aliphatic rings. The van der Waals surface area contributed by atoms with Crippen molar-refractivity contribution in [2.45, 2.75) is 24.9 Å². The van der Waals surface area contributed by atoms with Gasteiger partial charge in [-0.3, -0.25) is 4.90 Å². The first-order valence-electron chi connectivity index (χ1n) is 4.70. The van der Waals surface area contributed by atoms with Crippen molar-refractivity contribution in [1.82, 2.24) is 4.90 Å². The Labute approximate surface area is 83.4 Å². The fourth-order valence-corrected chi connectivity index (χ4v) is 2.45. The lowest BCUT2D eigenvalue weighted by Crippen LogP contribution is -2.39. The third-order valence-corrected chi connectivity index (χ3v) is 3.85. The van der Waals surface area contributed by atoms with Gasteiger partial charge in [0.2, 0.25) is 0 Å². The molecule has 0 atom stereocenters. The summed E-state index contributed by atoms with van der Waals surface area (Å²) in [6.45, 7) is 1.85. The quantitative estimate of drug-likeness (QED) is 0.793. The maximum atomic E-state index is 5.76. The Morgan fingerprint density at radius 3 is 2.85 bits per heavy atom. The molecule has 0 bridgehead atoms. The summed E-state index contributed by atoms with van der Waals surface area (Å²) < 4.78 is 0. The van der Waals surface area contributed by atoms with Crippen molar-refractivity contribution in [3.63, 3.8) is 0 Å². The third-order valence-electron chi connectivity index (χ3n) is 2.99. The monoisotopic (exact) mass is 196 g/mol. The molecular formula is C10H16N2S. The number of rotatable bonds is 4. The Kier molecular flexibility index (Phi) is 2.41. The topological polar surface area (TPSA) is 29.3 Å². The molecule has 0 saturated heterocycles. The Bertz CT molecular complexity index is 264. The second kappa shape index (κ2) is 3.40. The van der Waals surface area contributed by atoms with Gasteiger partial charge in [0, 0.05) is 23.5 Å². The van der Waals surface area contributed by atoms with Gasteiger partial charge in [0.25, 0.3) is 0 Å². The van der Waals surface area contributed by atoms with E-state index < -0.39 is 0 Å². The Balaban J connectivity index is 1.95. The molecule has 1 aromatic rings. The van der Waals surface area contributed by atoms with Crippen LogP contribution >= 0.6 is 11.3 Å². The molecule has 0 spiro atoms. The molecule has 0 amide bonds. The molecule has 0 radical (unpaired) electrons. The van der Waals surface area contributed by atoms with E-state index >= 15 is 0 Å². The van der Waals surface area contributed by atoms with Crippen LogP contribution in [-0.4, -0.2) is 24.0 Å². The molecular weight excluding hydrogens is 180 g/mol. The van der Waals surface area contributed by atoms with Crippen LogP contribution in [0.15, 0.2) is 17.5 Å².